The van der Waals surface area contributed by atoms with Gasteiger partial charge in [-0.3, -0.25) is 0 Å². The van der Waals surface area contributed by atoms with Gasteiger partial charge in [0.15, 0.2) is 0 Å². The van der Waals surface area contributed by atoms with Crippen molar-refractivity contribution in [2.45, 2.75) is 38.2 Å². The molecule has 0 atom stereocenters. The van der Waals surface area contributed by atoms with Crippen molar-refractivity contribution >= 4 is 17.6 Å². The number of nitrogens with two attached hydrogens (primary N) is 1. The summed E-state index contributed by atoms with van der Waals surface area (Å²) in [7, 11) is 1.80. The van der Waals surface area contributed by atoms with Crippen molar-refractivity contribution in [1.29, 1.82) is 0 Å². The lowest BCUT2D eigenvalue weighted by Crippen LogP contribution is -2.20. The van der Waals surface area contributed by atoms with Gasteiger partial charge in [0.2, 0.25) is 5.95 Å². The number of nitrogen functional groups attached to an aromatic ring is 1. The number of aromatic nitrogens is 2. The van der Waals surface area contributed by atoms with Gasteiger partial charge >= 0.3 is 0 Å². The van der Waals surface area contributed by atoms with E-state index >= 15 is 0 Å². The zero-order valence-electron chi connectivity index (χ0n) is 11.5. The molecule has 1 fully saturated rings. The van der Waals surface area contributed by atoms with Crippen LogP contribution >= 0.6 is 0 Å². The van der Waals surface area contributed by atoms with E-state index in [0.717, 1.165) is 12.4 Å². The van der Waals surface area contributed by atoms with Crippen molar-refractivity contribution in [3.63, 3.8) is 0 Å². The molecule has 2 rings (SSSR count). The molecule has 1 aromatic rings. The Morgan fingerprint density at radius 1 is 1.26 bits per heavy atom. The van der Waals surface area contributed by atoms with Crippen LogP contribution in [0.25, 0.3) is 0 Å². The van der Waals surface area contributed by atoms with Gasteiger partial charge in [-0.2, -0.15) is 9.97 Å². The fourth-order valence-corrected chi connectivity index (χ4v) is 2.32. The summed E-state index contributed by atoms with van der Waals surface area (Å²) < 4.78 is 5.84. The van der Waals surface area contributed by atoms with Crippen LogP contribution in [0.15, 0.2) is 6.07 Å². The molecule has 6 heteroatoms. The highest BCUT2D eigenvalue weighted by atomic mass is 16.5. The molecule has 0 aliphatic heterocycles. The van der Waals surface area contributed by atoms with Crippen molar-refractivity contribution in [3.05, 3.63) is 6.07 Å². The number of ether oxygens (including phenoxy) is 1. The Morgan fingerprint density at radius 2 is 2.00 bits per heavy atom. The molecule has 4 N–H and O–H groups in total. The van der Waals surface area contributed by atoms with Crippen LogP contribution in [0.5, 0.6) is 0 Å². The molecule has 1 aliphatic carbocycles. The van der Waals surface area contributed by atoms with Gasteiger partial charge < -0.3 is 21.1 Å². The fraction of sp³-hybridized carbons (Fsp3) is 0.692. The second-order valence-corrected chi connectivity index (χ2v) is 4.80. The summed E-state index contributed by atoms with van der Waals surface area (Å²) in [6.45, 7) is 1.43. The predicted molar refractivity (Wildman–Crippen MR) is 77.3 cm³/mol. The van der Waals surface area contributed by atoms with Gasteiger partial charge in [0, 0.05) is 19.7 Å². The van der Waals surface area contributed by atoms with E-state index in [-0.39, 0.29) is 5.95 Å². The Morgan fingerprint density at radius 3 is 2.74 bits per heavy atom. The molecule has 0 amide bonds. The van der Waals surface area contributed by atoms with Crippen LogP contribution < -0.4 is 16.4 Å². The zero-order valence-corrected chi connectivity index (χ0v) is 11.5. The average molecular weight is 265 g/mol. The first-order valence-electron chi connectivity index (χ1n) is 6.95. The van der Waals surface area contributed by atoms with Crippen LogP contribution in [0.4, 0.5) is 17.6 Å². The molecule has 106 valence electrons. The Kier molecular flexibility index (Phi) is 5.20. The lowest BCUT2D eigenvalue weighted by Gasteiger charge is -2.22. The number of rotatable bonds is 6. The SMILES string of the molecule is CNc1cc(NCCOC2CCCCC2)nc(N)n1. The molecule has 0 aromatic carbocycles. The van der Waals surface area contributed by atoms with Gasteiger partial charge in [-0.25, -0.2) is 0 Å². The van der Waals surface area contributed by atoms with Crippen molar-refractivity contribution in [3.8, 4) is 0 Å². The molecular formula is C13H23N5O. The predicted octanol–water partition coefficient (Wildman–Crippen LogP) is 1.86. The zero-order chi connectivity index (χ0) is 13.5. The maximum absolute atomic E-state index is 5.84. The lowest BCUT2D eigenvalue weighted by atomic mass is 9.98. The molecular weight excluding hydrogens is 242 g/mol. The van der Waals surface area contributed by atoms with E-state index in [1.54, 1.807) is 7.05 Å². The van der Waals surface area contributed by atoms with Crippen LogP contribution in [0, 0.1) is 0 Å². The molecule has 1 saturated carbocycles. The third kappa shape index (κ3) is 4.55. The Bertz CT molecular complexity index is 393. The normalized spacial score (nSPS) is 16.3. The number of hydrogen-bond acceptors (Lipinski definition) is 6. The number of nitrogens with zero attached hydrogens (tertiary/aromatic N) is 2. The number of nitrogens with one attached hydrogen (secondary N) is 2. The van der Waals surface area contributed by atoms with E-state index in [1.807, 2.05) is 6.07 Å². The van der Waals surface area contributed by atoms with E-state index in [4.69, 9.17) is 10.5 Å². The van der Waals surface area contributed by atoms with Crippen LogP contribution in [-0.2, 0) is 4.74 Å². The molecule has 1 aromatic heterocycles. The minimum absolute atomic E-state index is 0.266. The van der Waals surface area contributed by atoms with E-state index < -0.39 is 0 Å². The lowest BCUT2D eigenvalue weighted by molar-refractivity contribution is 0.0347. The number of anilines is 3. The highest BCUT2D eigenvalue weighted by Gasteiger charge is 2.13. The topological polar surface area (TPSA) is 85.1 Å². The standard InChI is InChI=1S/C13H23N5O/c1-15-11-9-12(18-13(14)17-11)16-7-8-19-10-5-3-2-4-6-10/h9-10H,2-8H2,1H3,(H4,14,15,16,17,18). The van der Waals surface area contributed by atoms with Crippen molar-refractivity contribution in [1.82, 2.24) is 9.97 Å². The summed E-state index contributed by atoms with van der Waals surface area (Å²) >= 11 is 0. The minimum atomic E-state index is 0.266. The highest BCUT2D eigenvalue weighted by molar-refractivity contribution is 5.50. The van der Waals surface area contributed by atoms with E-state index in [2.05, 4.69) is 20.6 Å². The second kappa shape index (κ2) is 7.13. The molecule has 1 aliphatic rings. The van der Waals surface area contributed by atoms with E-state index in [0.29, 0.717) is 18.5 Å². The molecule has 1 heterocycles. The van der Waals surface area contributed by atoms with Crippen LogP contribution in [0.2, 0.25) is 0 Å². The quantitative estimate of drug-likeness (QED) is 0.681. The largest absolute Gasteiger partial charge is 0.376 e. The van der Waals surface area contributed by atoms with E-state index in [9.17, 15) is 0 Å². The van der Waals surface area contributed by atoms with Gasteiger partial charge in [0.1, 0.15) is 11.6 Å². The van der Waals surface area contributed by atoms with Gasteiger partial charge in [0.05, 0.1) is 12.7 Å². The van der Waals surface area contributed by atoms with Crippen molar-refractivity contribution < 1.29 is 4.74 Å². The summed E-state index contributed by atoms with van der Waals surface area (Å²) in [5.41, 5.74) is 5.62. The maximum atomic E-state index is 5.84. The smallest absolute Gasteiger partial charge is 0.223 e. The second-order valence-electron chi connectivity index (χ2n) is 4.80. The Balaban J connectivity index is 1.71. The summed E-state index contributed by atoms with van der Waals surface area (Å²) in [5, 5.41) is 6.15. The van der Waals surface area contributed by atoms with Crippen LogP contribution in [-0.4, -0.2) is 36.3 Å². The van der Waals surface area contributed by atoms with E-state index in [1.165, 1.54) is 32.1 Å². The summed E-state index contributed by atoms with van der Waals surface area (Å²) in [5.74, 6) is 1.70. The molecule has 6 nitrogen and oxygen atoms in total. The van der Waals surface area contributed by atoms with Crippen LogP contribution in [0.3, 0.4) is 0 Å². The van der Waals surface area contributed by atoms with Gasteiger partial charge in [-0.15, -0.1) is 0 Å². The van der Waals surface area contributed by atoms with Crippen molar-refractivity contribution in [2.24, 2.45) is 0 Å². The first kappa shape index (κ1) is 13.9. The molecule has 0 bridgehead atoms. The van der Waals surface area contributed by atoms with Crippen molar-refractivity contribution in [2.75, 3.05) is 36.6 Å². The highest BCUT2D eigenvalue weighted by Crippen LogP contribution is 2.20. The number of hydrogen-bond donors (Lipinski definition) is 3. The first-order chi connectivity index (χ1) is 9.28. The molecule has 0 saturated heterocycles. The molecule has 0 unspecified atom stereocenters. The molecule has 0 radical (unpaired) electrons. The monoisotopic (exact) mass is 265 g/mol. The Labute approximate surface area is 114 Å². The summed E-state index contributed by atoms with van der Waals surface area (Å²) in [4.78, 5) is 8.16. The fourth-order valence-electron chi connectivity index (χ4n) is 2.32. The van der Waals surface area contributed by atoms with Gasteiger partial charge in [-0.1, -0.05) is 19.3 Å². The first-order valence-corrected chi connectivity index (χ1v) is 6.95. The average Bonchev–Trinajstić information content (AvgIpc) is 2.44. The van der Waals surface area contributed by atoms with Crippen LogP contribution in [0.1, 0.15) is 32.1 Å². The maximum Gasteiger partial charge on any atom is 0.223 e. The third-order valence-electron chi connectivity index (χ3n) is 3.31. The molecule has 0 spiro atoms. The minimum Gasteiger partial charge on any atom is -0.376 e. The summed E-state index contributed by atoms with van der Waals surface area (Å²) in [6, 6.07) is 1.83. The van der Waals surface area contributed by atoms with Gasteiger partial charge in [-0.05, 0) is 12.8 Å². The van der Waals surface area contributed by atoms with Gasteiger partial charge in [0.25, 0.3) is 0 Å². The third-order valence-corrected chi connectivity index (χ3v) is 3.31. The molecule has 19 heavy (non-hydrogen) atoms. The summed E-state index contributed by atoms with van der Waals surface area (Å²) in [6.07, 6.45) is 6.79. The Hall–Kier alpha value is -1.56.